The van der Waals surface area contributed by atoms with Crippen LogP contribution in [-0.4, -0.2) is 63.7 Å². The third kappa shape index (κ3) is 13.9. The van der Waals surface area contributed by atoms with Gasteiger partial charge in [0.25, 0.3) is 0 Å². The predicted octanol–water partition coefficient (Wildman–Crippen LogP) is 12.9. The van der Waals surface area contributed by atoms with E-state index in [1.165, 1.54) is 54.6 Å². The number of thioether (sulfide) groups is 1. The summed E-state index contributed by atoms with van der Waals surface area (Å²) in [6, 6.07) is 26.2. The molecule has 3 aromatic heterocycles. The number of amides is 1. The van der Waals surface area contributed by atoms with Crippen molar-refractivity contribution in [1.29, 1.82) is 0 Å². The van der Waals surface area contributed by atoms with E-state index in [2.05, 4.69) is 17.0 Å². The Hall–Kier alpha value is -7.43. The molecule has 7 aromatic rings. The smallest absolute Gasteiger partial charge is 0.234 e. The fourth-order valence-corrected chi connectivity index (χ4v) is 9.12. The number of aromatic nitrogens is 5. The van der Waals surface area contributed by atoms with Crippen LogP contribution in [0.15, 0.2) is 146 Å². The molecule has 0 bridgehead atoms. The van der Waals surface area contributed by atoms with Crippen molar-refractivity contribution in [2.24, 2.45) is 0 Å². The quantitative estimate of drug-likeness (QED) is 0.0682. The first-order valence-corrected chi connectivity index (χ1v) is 24.6. The normalized spacial score (nSPS) is 14.7. The van der Waals surface area contributed by atoms with Gasteiger partial charge in [0.1, 0.15) is 52.5 Å². The van der Waals surface area contributed by atoms with Crippen LogP contribution in [0, 0.1) is 24.4 Å². The van der Waals surface area contributed by atoms with E-state index in [0.717, 1.165) is 52.8 Å². The summed E-state index contributed by atoms with van der Waals surface area (Å²) < 4.78 is 63.2. The average Bonchev–Trinajstić information content (AvgIpc) is 4.18. The van der Waals surface area contributed by atoms with Crippen molar-refractivity contribution in [3.05, 3.63) is 197 Å². The Kier molecular flexibility index (Phi) is 17.9. The number of allylic oxidation sites excluding steroid dienone is 6. The molecular formula is C56H56F4N6O5S. The van der Waals surface area contributed by atoms with Crippen LogP contribution in [0.5, 0.6) is 11.5 Å². The number of aryl methyl sites for hydroxylation is 2. The molecule has 374 valence electrons. The molecule has 2 unspecified atom stereocenters. The predicted molar refractivity (Wildman–Crippen MR) is 273 cm³/mol. The van der Waals surface area contributed by atoms with E-state index >= 15 is 0 Å². The van der Waals surface area contributed by atoms with E-state index < -0.39 is 17.7 Å². The van der Waals surface area contributed by atoms with Gasteiger partial charge in [0.15, 0.2) is 5.78 Å². The molecule has 2 aliphatic rings. The summed E-state index contributed by atoms with van der Waals surface area (Å²) in [6.07, 6.45) is 16.2. The maximum Gasteiger partial charge on any atom is 0.234 e. The van der Waals surface area contributed by atoms with Crippen LogP contribution in [0.25, 0.3) is 28.3 Å². The third-order valence-corrected chi connectivity index (χ3v) is 13.0. The molecule has 0 saturated carbocycles. The van der Waals surface area contributed by atoms with E-state index in [4.69, 9.17) is 14.9 Å². The minimum absolute atomic E-state index is 0.0517. The molecule has 72 heavy (non-hydrogen) atoms. The Bertz CT molecular complexity index is 3040. The molecular weight excluding hydrogens is 945 g/mol. The highest BCUT2D eigenvalue weighted by Gasteiger charge is 2.36. The molecule has 3 N–H and O–H groups in total. The summed E-state index contributed by atoms with van der Waals surface area (Å²) in [5.74, 6) is -1.25. The first-order chi connectivity index (χ1) is 34.6. The minimum Gasteiger partial charge on any atom is -0.508 e. The highest BCUT2D eigenvalue weighted by Crippen LogP contribution is 2.43. The highest BCUT2D eigenvalue weighted by atomic mass is 32.2. The Balaban J connectivity index is 0.000000174. The molecule has 1 fully saturated rings. The minimum atomic E-state index is -0.726. The molecule has 11 nitrogen and oxygen atoms in total. The second-order valence-electron chi connectivity index (χ2n) is 17.4. The second kappa shape index (κ2) is 24.6. The number of benzene rings is 4. The second-order valence-corrected chi connectivity index (χ2v) is 18.4. The Morgan fingerprint density at radius 1 is 0.847 bits per heavy atom. The van der Waals surface area contributed by atoms with Gasteiger partial charge >= 0.3 is 0 Å². The lowest BCUT2D eigenvalue weighted by molar-refractivity contribution is -0.128. The van der Waals surface area contributed by atoms with Gasteiger partial charge in [-0.2, -0.15) is 10.2 Å². The standard InChI is InChI=1S/C24H21FN4O2S.C21H19F3N2O2.C11H16O/c1-15-11-17(6-9-20(15)25)29-13-19(23(27-29)21-3-2-10-26-21)24-28(22(31)14-32-24)12-16-4-7-18(30)8-5-16;1-13(27)12-28-14(2)20-11-26(19-9-17(23)8-18(24)10-19)25-21(20)15-4-3-5-16(22)7-6-15;1-2-3-4-5-10-6-8-11(12)9-7-10/h2-11,13,24,26,30H,12,14H2,1H3;3,5-11,14H,4,12H2,1-2H3;6-9,12H,2-5H2,1H3. The number of hydrogen-bond acceptors (Lipinski definition) is 8. The Morgan fingerprint density at radius 2 is 1.53 bits per heavy atom. The maximum absolute atomic E-state index is 13.8. The monoisotopic (exact) mass is 1000 g/mol. The summed E-state index contributed by atoms with van der Waals surface area (Å²) in [4.78, 5) is 29.1. The number of phenols is 2. The van der Waals surface area contributed by atoms with Gasteiger partial charge < -0.3 is 24.8 Å². The van der Waals surface area contributed by atoms with Crippen LogP contribution in [0.2, 0.25) is 0 Å². The van der Waals surface area contributed by atoms with Gasteiger partial charge in [0.2, 0.25) is 5.91 Å². The van der Waals surface area contributed by atoms with Gasteiger partial charge in [-0.25, -0.2) is 26.9 Å². The van der Waals surface area contributed by atoms with E-state index in [1.54, 1.807) is 85.0 Å². The van der Waals surface area contributed by atoms with Crippen LogP contribution in [-0.2, 0) is 27.3 Å². The number of carbonyl (C=O) groups is 2. The lowest BCUT2D eigenvalue weighted by Gasteiger charge is -2.24. The zero-order chi connectivity index (χ0) is 51.3. The van der Waals surface area contributed by atoms with Gasteiger partial charge in [0, 0.05) is 42.3 Å². The summed E-state index contributed by atoms with van der Waals surface area (Å²) in [5.41, 5.74) is 8.11. The Morgan fingerprint density at radius 3 is 2.18 bits per heavy atom. The first kappa shape index (κ1) is 52.4. The van der Waals surface area contributed by atoms with Crippen molar-refractivity contribution >= 4 is 29.0 Å². The molecule has 16 heteroatoms. The van der Waals surface area contributed by atoms with Gasteiger partial charge in [0.05, 0.1) is 34.6 Å². The average molecular weight is 1000 g/mol. The zero-order valence-corrected chi connectivity index (χ0v) is 41.2. The molecule has 4 aromatic carbocycles. The van der Waals surface area contributed by atoms with Gasteiger partial charge in [-0.05, 0) is 141 Å². The number of ketones is 1. The SMILES string of the molecule is CC(=O)COC(C)c1cn(-c2cc(F)cc(F)c2)nc1C1=CC=C(F)C=CC1.CCCCCc1ccc(O)cc1.Cc1cc(-n2cc(C3SCC(=O)N3Cc3ccc(O)cc3)c(-c3ccc[nH]3)n2)ccc1F. The largest absolute Gasteiger partial charge is 0.508 e. The summed E-state index contributed by atoms with van der Waals surface area (Å²) >= 11 is 1.56. The molecule has 1 saturated heterocycles. The number of aromatic amines is 1. The number of nitrogens with zero attached hydrogens (tertiary/aromatic N) is 5. The number of carbonyl (C=O) groups excluding carboxylic acids is 2. The fourth-order valence-electron chi connectivity index (χ4n) is 7.93. The van der Waals surface area contributed by atoms with Gasteiger partial charge in [-0.3, -0.25) is 9.59 Å². The summed E-state index contributed by atoms with van der Waals surface area (Å²) in [6.45, 7) is 7.45. The molecule has 1 aliphatic carbocycles. The van der Waals surface area contributed by atoms with Crippen LogP contribution >= 0.6 is 11.8 Å². The molecule has 1 aliphatic heterocycles. The van der Waals surface area contributed by atoms with Crippen molar-refractivity contribution in [3.63, 3.8) is 0 Å². The molecule has 2 atom stereocenters. The van der Waals surface area contributed by atoms with Crippen LogP contribution in [0.3, 0.4) is 0 Å². The number of H-pyrrole nitrogens is 1. The van der Waals surface area contributed by atoms with Crippen molar-refractivity contribution in [3.8, 4) is 34.3 Å². The number of phenolic OH excluding ortho intramolecular Hbond substituents is 2. The molecule has 4 heterocycles. The van der Waals surface area contributed by atoms with Crippen LogP contribution < -0.4 is 0 Å². The van der Waals surface area contributed by atoms with E-state index in [0.29, 0.717) is 46.9 Å². The van der Waals surface area contributed by atoms with Crippen molar-refractivity contribution < 1.29 is 42.1 Å². The molecule has 0 radical (unpaired) electrons. The maximum atomic E-state index is 13.8. The number of rotatable bonds is 15. The summed E-state index contributed by atoms with van der Waals surface area (Å²) in [5, 5.41) is 27.6. The molecule has 9 rings (SSSR count). The topological polar surface area (TPSA) is 138 Å². The number of Topliss-reactive ketones (excluding diaryl/α,β-unsaturated/α-hetero) is 1. The number of halogens is 4. The van der Waals surface area contributed by atoms with Crippen molar-refractivity contribution in [2.45, 2.75) is 77.8 Å². The van der Waals surface area contributed by atoms with E-state index in [-0.39, 0.29) is 46.8 Å². The first-order valence-electron chi connectivity index (χ1n) is 23.5. The molecule has 0 spiro atoms. The fraction of sp³-hybridized carbons (Fsp3) is 0.250. The lowest BCUT2D eigenvalue weighted by Crippen LogP contribution is -2.27. The number of aromatic hydroxyl groups is 2. The van der Waals surface area contributed by atoms with Crippen LogP contribution in [0.4, 0.5) is 17.6 Å². The third-order valence-electron chi connectivity index (χ3n) is 11.7. The van der Waals surface area contributed by atoms with Crippen LogP contribution in [0.1, 0.15) is 91.4 Å². The number of nitrogens with one attached hydrogen (secondary N) is 1. The number of unbranched alkanes of at least 4 members (excludes halogenated alkanes) is 2. The Labute approximate surface area is 420 Å². The van der Waals surface area contributed by atoms with Gasteiger partial charge in [-0.15, -0.1) is 11.8 Å². The van der Waals surface area contributed by atoms with Crippen molar-refractivity contribution in [2.75, 3.05) is 12.4 Å². The molecule has 1 amide bonds. The summed E-state index contributed by atoms with van der Waals surface area (Å²) in [7, 11) is 0. The van der Waals surface area contributed by atoms with Gasteiger partial charge in [-0.1, -0.05) is 56.2 Å². The number of hydrogen-bond donors (Lipinski definition) is 3. The zero-order valence-electron chi connectivity index (χ0n) is 40.4. The van der Waals surface area contributed by atoms with E-state index in [1.807, 2.05) is 53.7 Å². The van der Waals surface area contributed by atoms with E-state index in [9.17, 15) is 32.3 Å². The highest BCUT2D eigenvalue weighted by molar-refractivity contribution is 8.00. The van der Waals surface area contributed by atoms with Crippen molar-refractivity contribution in [1.82, 2.24) is 29.4 Å². The lowest BCUT2D eigenvalue weighted by atomic mass is 10.0. The number of ether oxygens (including phenoxy) is 1.